The third-order valence-electron chi connectivity index (χ3n) is 3.27. The lowest BCUT2D eigenvalue weighted by molar-refractivity contribution is -0.141. The molecule has 1 aliphatic heterocycles. The van der Waals surface area contributed by atoms with Gasteiger partial charge in [-0.1, -0.05) is 13.0 Å². The van der Waals surface area contributed by atoms with E-state index in [9.17, 15) is 4.79 Å². The summed E-state index contributed by atoms with van der Waals surface area (Å²) in [5.41, 5.74) is 0.521. The summed E-state index contributed by atoms with van der Waals surface area (Å²) in [6.07, 6.45) is 1.02. The molecule has 1 unspecified atom stereocenters. The van der Waals surface area contributed by atoms with Crippen LogP contribution in [-0.4, -0.2) is 43.2 Å². The van der Waals surface area contributed by atoms with Crippen LogP contribution in [0.4, 0.5) is 0 Å². The number of carbonyl (C=O) groups excluding carboxylic acids is 1. The highest BCUT2D eigenvalue weighted by Gasteiger charge is 2.23. The van der Waals surface area contributed by atoms with Gasteiger partial charge in [0, 0.05) is 13.1 Å². The number of carbonyl (C=O) groups is 1. The molecule has 2 rings (SSSR count). The van der Waals surface area contributed by atoms with Gasteiger partial charge < -0.3 is 14.4 Å². The highest BCUT2D eigenvalue weighted by Crippen LogP contribution is 2.13. The molecule has 0 radical (unpaired) electrons. The van der Waals surface area contributed by atoms with E-state index < -0.39 is 0 Å². The largest absolute Gasteiger partial charge is 0.484 e. The molecule has 0 N–H and O–H groups in total. The van der Waals surface area contributed by atoms with Crippen LogP contribution in [0.5, 0.6) is 5.75 Å². The molecule has 1 amide bonds. The average Bonchev–Trinajstić information content (AvgIpc) is 2.52. The summed E-state index contributed by atoms with van der Waals surface area (Å²) in [6, 6.07) is 8.84. The smallest absolute Gasteiger partial charge is 0.260 e. The first-order valence-electron chi connectivity index (χ1n) is 6.75. The average molecular weight is 274 g/mol. The Morgan fingerprint density at radius 3 is 3.20 bits per heavy atom. The molecule has 5 nitrogen and oxygen atoms in total. The predicted octanol–water partition coefficient (Wildman–Crippen LogP) is 1.57. The van der Waals surface area contributed by atoms with Crippen LogP contribution < -0.4 is 4.74 Å². The minimum absolute atomic E-state index is 0.00861. The van der Waals surface area contributed by atoms with E-state index in [1.807, 2.05) is 13.0 Å². The van der Waals surface area contributed by atoms with Crippen molar-refractivity contribution in [3.8, 4) is 11.8 Å². The number of hydrogen-bond donors (Lipinski definition) is 0. The van der Waals surface area contributed by atoms with Gasteiger partial charge in [0.1, 0.15) is 5.75 Å². The summed E-state index contributed by atoms with van der Waals surface area (Å²) in [6.45, 7) is 3.84. The van der Waals surface area contributed by atoms with E-state index in [-0.39, 0.29) is 18.6 Å². The van der Waals surface area contributed by atoms with E-state index in [1.54, 1.807) is 29.2 Å². The molecule has 1 aromatic rings. The first-order chi connectivity index (χ1) is 9.72. The van der Waals surface area contributed by atoms with Crippen LogP contribution in [-0.2, 0) is 9.53 Å². The SMILES string of the molecule is CCC1CN(C(=O)COc2cccc(C#N)c2)CCO1. The van der Waals surface area contributed by atoms with Crippen molar-refractivity contribution in [2.24, 2.45) is 0 Å². The molecule has 106 valence electrons. The molecule has 1 aliphatic rings. The Morgan fingerprint density at radius 2 is 2.45 bits per heavy atom. The van der Waals surface area contributed by atoms with Crippen molar-refractivity contribution < 1.29 is 14.3 Å². The number of nitrogens with zero attached hydrogens (tertiary/aromatic N) is 2. The maximum absolute atomic E-state index is 12.1. The number of benzene rings is 1. The Morgan fingerprint density at radius 1 is 1.60 bits per heavy atom. The minimum Gasteiger partial charge on any atom is -0.484 e. The monoisotopic (exact) mass is 274 g/mol. The van der Waals surface area contributed by atoms with Crippen molar-refractivity contribution in [2.45, 2.75) is 19.4 Å². The molecule has 1 atom stereocenters. The summed E-state index contributed by atoms with van der Waals surface area (Å²) < 4.78 is 11.0. The van der Waals surface area contributed by atoms with Crippen LogP contribution in [0.3, 0.4) is 0 Å². The normalized spacial score (nSPS) is 18.4. The van der Waals surface area contributed by atoms with Gasteiger partial charge in [0.2, 0.25) is 0 Å². The van der Waals surface area contributed by atoms with Crippen LogP contribution in [0.25, 0.3) is 0 Å². The maximum Gasteiger partial charge on any atom is 0.260 e. The van der Waals surface area contributed by atoms with Crippen LogP contribution >= 0.6 is 0 Å². The number of ether oxygens (including phenoxy) is 2. The highest BCUT2D eigenvalue weighted by molar-refractivity contribution is 5.77. The highest BCUT2D eigenvalue weighted by atomic mass is 16.5. The van der Waals surface area contributed by atoms with Crippen molar-refractivity contribution in [3.05, 3.63) is 29.8 Å². The summed E-state index contributed by atoms with van der Waals surface area (Å²) in [5, 5.41) is 8.80. The third-order valence-corrected chi connectivity index (χ3v) is 3.27. The van der Waals surface area contributed by atoms with Gasteiger partial charge in [-0.05, 0) is 24.6 Å². The Kier molecular flexibility index (Phi) is 4.97. The molecule has 1 aromatic carbocycles. The summed E-state index contributed by atoms with van der Waals surface area (Å²) in [5.74, 6) is 0.492. The number of rotatable bonds is 4. The molecule has 5 heteroatoms. The molecular formula is C15H18N2O3. The van der Waals surface area contributed by atoms with Crippen molar-refractivity contribution in [3.63, 3.8) is 0 Å². The molecule has 0 aliphatic carbocycles. The summed E-state index contributed by atoms with van der Waals surface area (Å²) in [4.78, 5) is 13.8. The third kappa shape index (κ3) is 3.72. The molecule has 20 heavy (non-hydrogen) atoms. The second-order valence-electron chi connectivity index (χ2n) is 4.67. The zero-order chi connectivity index (χ0) is 14.4. The van der Waals surface area contributed by atoms with Crippen molar-refractivity contribution in [1.82, 2.24) is 4.90 Å². The van der Waals surface area contributed by atoms with Crippen molar-refractivity contribution >= 4 is 5.91 Å². The Balaban J connectivity index is 1.87. The van der Waals surface area contributed by atoms with E-state index in [0.717, 1.165) is 6.42 Å². The van der Waals surface area contributed by atoms with Crippen LogP contribution in [0, 0.1) is 11.3 Å². The van der Waals surface area contributed by atoms with E-state index in [4.69, 9.17) is 14.7 Å². The number of hydrogen-bond acceptors (Lipinski definition) is 4. The summed E-state index contributed by atoms with van der Waals surface area (Å²) >= 11 is 0. The van der Waals surface area contributed by atoms with Crippen LogP contribution in [0.2, 0.25) is 0 Å². The van der Waals surface area contributed by atoms with Gasteiger partial charge in [-0.15, -0.1) is 0 Å². The maximum atomic E-state index is 12.1. The first-order valence-corrected chi connectivity index (χ1v) is 6.75. The first kappa shape index (κ1) is 14.4. The predicted molar refractivity (Wildman–Crippen MR) is 73.3 cm³/mol. The fourth-order valence-corrected chi connectivity index (χ4v) is 2.08. The Bertz CT molecular complexity index is 510. The fourth-order valence-electron chi connectivity index (χ4n) is 2.08. The van der Waals surface area contributed by atoms with Crippen LogP contribution in [0.1, 0.15) is 18.9 Å². The molecule has 1 heterocycles. The standard InChI is InChI=1S/C15H18N2O3/c1-2-13-10-17(6-7-19-13)15(18)11-20-14-5-3-4-12(8-14)9-16/h3-5,8,13H,2,6-7,10-11H2,1H3. The minimum atomic E-state index is -0.0471. The van der Waals surface area contributed by atoms with E-state index in [1.165, 1.54) is 0 Å². The molecule has 1 fully saturated rings. The Hall–Kier alpha value is -2.06. The molecule has 0 saturated carbocycles. The number of nitriles is 1. The lowest BCUT2D eigenvalue weighted by Crippen LogP contribution is -2.47. The van der Waals surface area contributed by atoms with Crippen LogP contribution in [0.15, 0.2) is 24.3 Å². The molecule has 0 spiro atoms. The molecule has 0 aromatic heterocycles. The zero-order valence-electron chi connectivity index (χ0n) is 11.5. The Labute approximate surface area is 118 Å². The van der Waals surface area contributed by atoms with Gasteiger partial charge >= 0.3 is 0 Å². The van der Waals surface area contributed by atoms with Gasteiger partial charge in [0.15, 0.2) is 6.61 Å². The van der Waals surface area contributed by atoms with E-state index >= 15 is 0 Å². The molecule has 0 bridgehead atoms. The van der Waals surface area contributed by atoms with Gasteiger partial charge in [0.05, 0.1) is 24.3 Å². The molecule has 1 saturated heterocycles. The lowest BCUT2D eigenvalue weighted by atomic mass is 10.2. The van der Waals surface area contributed by atoms with Gasteiger partial charge in [-0.25, -0.2) is 0 Å². The lowest BCUT2D eigenvalue weighted by Gasteiger charge is -2.32. The molecular weight excluding hydrogens is 256 g/mol. The van der Waals surface area contributed by atoms with Crippen molar-refractivity contribution in [1.29, 1.82) is 5.26 Å². The van der Waals surface area contributed by atoms with Gasteiger partial charge in [0.25, 0.3) is 5.91 Å². The van der Waals surface area contributed by atoms with Crippen molar-refractivity contribution in [2.75, 3.05) is 26.3 Å². The number of morpholine rings is 1. The van der Waals surface area contributed by atoms with Gasteiger partial charge in [-0.3, -0.25) is 4.79 Å². The van der Waals surface area contributed by atoms with E-state index in [0.29, 0.717) is 31.0 Å². The number of amides is 1. The second-order valence-corrected chi connectivity index (χ2v) is 4.67. The zero-order valence-corrected chi connectivity index (χ0v) is 11.5. The second kappa shape index (κ2) is 6.92. The van der Waals surface area contributed by atoms with E-state index in [2.05, 4.69) is 0 Å². The topological polar surface area (TPSA) is 62.6 Å². The fraction of sp³-hybridized carbons (Fsp3) is 0.467. The quantitative estimate of drug-likeness (QED) is 0.836. The van der Waals surface area contributed by atoms with Gasteiger partial charge in [-0.2, -0.15) is 5.26 Å². The summed E-state index contributed by atoms with van der Waals surface area (Å²) in [7, 11) is 0.